The molecule has 0 spiro atoms. The molecular formula is C23H32N4O3. The minimum Gasteiger partial charge on any atom is -0.497 e. The molecule has 0 radical (unpaired) electrons. The van der Waals surface area contributed by atoms with E-state index < -0.39 is 0 Å². The number of aliphatic imine (C=N–C) groups is 1. The molecule has 0 aromatic heterocycles. The van der Waals surface area contributed by atoms with Gasteiger partial charge in [0.25, 0.3) is 0 Å². The number of hydrogen-bond donors (Lipinski definition) is 2. The summed E-state index contributed by atoms with van der Waals surface area (Å²) >= 11 is 0. The van der Waals surface area contributed by atoms with Crippen LogP contribution < -0.4 is 25.0 Å². The molecule has 30 heavy (non-hydrogen) atoms. The second-order valence-electron chi connectivity index (χ2n) is 7.18. The summed E-state index contributed by atoms with van der Waals surface area (Å²) in [6.07, 6.45) is 1.03. The van der Waals surface area contributed by atoms with Crippen molar-refractivity contribution < 1.29 is 14.2 Å². The minimum atomic E-state index is 0.318. The second kappa shape index (κ2) is 11.3. The summed E-state index contributed by atoms with van der Waals surface area (Å²) < 4.78 is 16.5. The predicted octanol–water partition coefficient (Wildman–Crippen LogP) is 2.66. The summed E-state index contributed by atoms with van der Waals surface area (Å²) in [7, 11) is 5.14. The van der Waals surface area contributed by atoms with E-state index in [0.717, 1.165) is 42.7 Å². The fourth-order valence-electron chi connectivity index (χ4n) is 3.48. The number of benzene rings is 2. The van der Waals surface area contributed by atoms with Gasteiger partial charge in [0, 0.05) is 56.6 Å². The van der Waals surface area contributed by atoms with Gasteiger partial charge < -0.3 is 29.7 Å². The zero-order valence-corrected chi connectivity index (χ0v) is 18.1. The molecule has 3 rings (SSSR count). The minimum absolute atomic E-state index is 0.318. The number of rotatable bonds is 9. The first kappa shape index (κ1) is 21.8. The van der Waals surface area contributed by atoms with Crippen LogP contribution in [-0.4, -0.2) is 59.5 Å². The van der Waals surface area contributed by atoms with E-state index in [-0.39, 0.29) is 0 Å². The Morgan fingerprint density at radius 3 is 2.50 bits per heavy atom. The summed E-state index contributed by atoms with van der Waals surface area (Å²) in [5, 5.41) is 6.84. The normalized spacial score (nSPS) is 16.4. The van der Waals surface area contributed by atoms with Gasteiger partial charge in [0.05, 0.1) is 27.4 Å². The Morgan fingerprint density at radius 1 is 1.10 bits per heavy atom. The van der Waals surface area contributed by atoms with Crippen molar-refractivity contribution >= 4 is 11.6 Å². The summed E-state index contributed by atoms with van der Waals surface area (Å²) in [5.41, 5.74) is 2.29. The van der Waals surface area contributed by atoms with Crippen molar-refractivity contribution in [3.63, 3.8) is 0 Å². The van der Waals surface area contributed by atoms with Crippen LogP contribution in [-0.2, 0) is 11.3 Å². The van der Waals surface area contributed by atoms with Gasteiger partial charge in [-0.1, -0.05) is 30.3 Å². The maximum atomic E-state index is 5.73. The lowest BCUT2D eigenvalue weighted by atomic mass is 10.2. The van der Waals surface area contributed by atoms with Crippen LogP contribution in [0.25, 0.3) is 0 Å². The van der Waals surface area contributed by atoms with Gasteiger partial charge in [-0.05, 0) is 12.0 Å². The fourth-order valence-corrected chi connectivity index (χ4v) is 3.48. The standard InChI is InChI=1S/C23H32N4O3/c1-24-23(25-10-12-30-17-18-7-5-4-6-8-18)26-19-9-11-27(16-19)20-13-21(28-2)15-22(14-20)29-3/h4-8,13-15,19H,9-12,16-17H2,1-3H3,(H2,24,25,26). The van der Waals surface area contributed by atoms with E-state index in [1.807, 2.05) is 36.4 Å². The smallest absolute Gasteiger partial charge is 0.191 e. The third-order valence-electron chi connectivity index (χ3n) is 5.10. The molecule has 1 aliphatic heterocycles. The van der Waals surface area contributed by atoms with Crippen molar-refractivity contribution in [1.82, 2.24) is 10.6 Å². The summed E-state index contributed by atoms with van der Waals surface area (Å²) in [6.45, 7) is 3.80. The Morgan fingerprint density at radius 2 is 1.83 bits per heavy atom. The van der Waals surface area contributed by atoms with E-state index in [1.165, 1.54) is 5.56 Å². The third-order valence-corrected chi connectivity index (χ3v) is 5.10. The molecule has 0 bridgehead atoms. The van der Waals surface area contributed by atoms with Gasteiger partial charge in [-0.3, -0.25) is 4.99 Å². The average molecular weight is 413 g/mol. The molecule has 1 aliphatic rings. The largest absolute Gasteiger partial charge is 0.497 e. The van der Waals surface area contributed by atoms with Crippen molar-refractivity contribution in [3.8, 4) is 11.5 Å². The number of ether oxygens (including phenoxy) is 3. The summed E-state index contributed by atoms with van der Waals surface area (Å²) in [5.74, 6) is 2.40. The first-order chi connectivity index (χ1) is 14.7. The fraction of sp³-hybridized carbons (Fsp3) is 0.435. The number of nitrogens with zero attached hydrogens (tertiary/aromatic N) is 2. The van der Waals surface area contributed by atoms with Crippen LogP contribution in [0.1, 0.15) is 12.0 Å². The summed E-state index contributed by atoms with van der Waals surface area (Å²) in [6, 6.07) is 16.5. The van der Waals surface area contributed by atoms with Crippen molar-refractivity contribution in [1.29, 1.82) is 0 Å². The van der Waals surface area contributed by atoms with Gasteiger partial charge in [0.2, 0.25) is 0 Å². The highest BCUT2D eigenvalue weighted by molar-refractivity contribution is 5.80. The molecular weight excluding hydrogens is 380 g/mol. The number of anilines is 1. The molecule has 0 aliphatic carbocycles. The van der Waals surface area contributed by atoms with E-state index in [1.54, 1.807) is 21.3 Å². The molecule has 2 aromatic carbocycles. The predicted molar refractivity (Wildman–Crippen MR) is 121 cm³/mol. The van der Waals surface area contributed by atoms with Crippen molar-refractivity contribution in [2.45, 2.75) is 19.1 Å². The zero-order valence-electron chi connectivity index (χ0n) is 18.1. The topological polar surface area (TPSA) is 67.4 Å². The first-order valence-electron chi connectivity index (χ1n) is 10.3. The highest BCUT2D eigenvalue weighted by Crippen LogP contribution is 2.30. The SMILES string of the molecule is CN=C(NCCOCc1ccccc1)NC1CCN(c2cc(OC)cc(OC)c2)C1. The van der Waals surface area contributed by atoms with Gasteiger partial charge in [-0.2, -0.15) is 0 Å². The van der Waals surface area contributed by atoms with Crippen LogP contribution in [0.2, 0.25) is 0 Å². The van der Waals surface area contributed by atoms with Gasteiger partial charge in [0.15, 0.2) is 5.96 Å². The average Bonchev–Trinajstić information content (AvgIpc) is 3.27. The second-order valence-corrected chi connectivity index (χ2v) is 7.18. The van der Waals surface area contributed by atoms with E-state index in [9.17, 15) is 0 Å². The van der Waals surface area contributed by atoms with Crippen LogP contribution >= 0.6 is 0 Å². The lowest BCUT2D eigenvalue weighted by molar-refractivity contribution is 0.125. The highest BCUT2D eigenvalue weighted by Gasteiger charge is 2.24. The highest BCUT2D eigenvalue weighted by atomic mass is 16.5. The van der Waals surface area contributed by atoms with E-state index in [0.29, 0.717) is 25.8 Å². The van der Waals surface area contributed by atoms with Crippen LogP contribution in [0.15, 0.2) is 53.5 Å². The molecule has 7 heteroatoms. The zero-order chi connectivity index (χ0) is 21.2. The van der Waals surface area contributed by atoms with Crippen LogP contribution in [0.5, 0.6) is 11.5 Å². The van der Waals surface area contributed by atoms with Gasteiger partial charge in [-0.25, -0.2) is 0 Å². The van der Waals surface area contributed by atoms with E-state index in [4.69, 9.17) is 14.2 Å². The van der Waals surface area contributed by atoms with Crippen molar-refractivity contribution in [3.05, 3.63) is 54.1 Å². The number of methoxy groups -OCH3 is 2. The molecule has 0 amide bonds. The number of hydrogen-bond acceptors (Lipinski definition) is 5. The van der Waals surface area contributed by atoms with Gasteiger partial charge >= 0.3 is 0 Å². The summed E-state index contributed by atoms with van der Waals surface area (Å²) in [4.78, 5) is 6.67. The maximum absolute atomic E-state index is 5.73. The molecule has 1 atom stereocenters. The molecule has 2 aromatic rings. The molecule has 7 nitrogen and oxygen atoms in total. The maximum Gasteiger partial charge on any atom is 0.191 e. The Balaban J connectivity index is 1.42. The molecule has 1 saturated heterocycles. The monoisotopic (exact) mass is 412 g/mol. The van der Waals surface area contributed by atoms with Crippen LogP contribution in [0, 0.1) is 0 Å². The molecule has 162 valence electrons. The van der Waals surface area contributed by atoms with Crippen molar-refractivity contribution in [2.75, 3.05) is 52.4 Å². The van der Waals surface area contributed by atoms with Gasteiger partial charge in [-0.15, -0.1) is 0 Å². The number of guanidine groups is 1. The lowest BCUT2D eigenvalue weighted by Crippen LogP contribution is -2.45. The Bertz CT molecular complexity index is 791. The number of nitrogens with one attached hydrogen (secondary N) is 2. The van der Waals surface area contributed by atoms with Crippen LogP contribution in [0.4, 0.5) is 5.69 Å². The van der Waals surface area contributed by atoms with E-state index >= 15 is 0 Å². The molecule has 2 N–H and O–H groups in total. The quantitative estimate of drug-likeness (QED) is 0.375. The Kier molecular flexibility index (Phi) is 8.20. The Hall–Kier alpha value is -2.93. The molecule has 1 heterocycles. The molecule has 1 unspecified atom stereocenters. The molecule has 1 fully saturated rings. The Labute approximate surface area is 179 Å². The van der Waals surface area contributed by atoms with E-state index in [2.05, 4.69) is 32.7 Å². The molecule has 0 saturated carbocycles. The third kappa shape index (κ3) is 6.29. The first-order valence-corrected chi connectivity index (χ1v) is 10.3. The van der Waals surface area contributed by atoms with Gasteiger partial charge in [0.1, 0.15) is 11.5 Å². The van der Waals surface area contributed by atoms with Crippen LogP contribution in [0.3, 0.4) is 0 Å². The lowest BCUT2D eigenvalue weighted by Gasteiger charge is -2.21. The van der Waals surface area contributed by atoms with Crippen molar-refractivity contribution in [2.24, 2.45) is 4.99 Å².